The van der Waals surface area contributed by atoms with Crippen molar-refractivity contribution in [2.75, 3.05) is 27.4 Å². The van der Waals surface area contributed by atoms with E-state index in [0.29, 0.717) is 18.0 Å². The number of para-hydroxylation sites is 1. The molecule has 17 heavy (non-hydrogen) atoms. The fourth-order valence-electron chi connectivity index (χ4n) is 1.53. The first-order chi connectivity index (χ1) is 8.26. The topological polar surface area (TPSA) is 71.0 Å². The first-order valence-corrected chi connectivity index (χ1v) is 5.41. The molecule has 0 saturated carbocycles. The third-order valence-electron chi connectivity index (χ3n) is 2.51. The van der Waals surface area contributed by atoms with Crippen LogP contribution in [-0.4, -0.2) is 43.7 Å². The van der Waals surface area contributed by atoms with E-state index in [4.69, 9.17) is 19.7 Å². The van der Waals surface area contributed by atoms with Crippen molar-refractivity contribution >= 4 is 0 Å². The summed E-state index contributed by atoms with van der Waals surface area (Å²) >= 11 is 0. The van der Waals surface area contributed by atoms with E-state index < -0.39 is 0 Å². The van der Waals surface area contributed by atoms with E-state index in [0.717, 1.165) is 5.56 Å². The van der Waals surface area contributed by atoms with Crippen molar-refractivity contribution in [3.8, 4) is 11.5 Å². The van der Waals surface area contributed by atoms with Gasteiger partial charge in [-0.25, -0.2) is 0 Å². The van der Waals surface area contributed by atoms with Crippen LogP contribution < -0.4 is 14.8 Å². The molecule has 0 aliphatic heterocycles. The van der Waals surface area contributed by atoms with Crippen LogP contribution in [0.3, 0.4) is 0 Å². The van der Waals surface area contributed by atoms with Crippen LogP contribution in [0, 0.1) is 0 Å². The van der Waals surface area contributed by atoms with Crippen LogP contribution in [0.5, 0.6) is 11.5 Å². The van der Waals surface area contributed by atoms with E-state index in [2.05, 4.69) is 5.32 Å². The average molecular weight is 241 g/mol. The molecule has 1 aromatic rings. The highest BCUT2D eigenvalue weighted by atomic mass is 16.5. The predicted molar refractivity (Wildman–Crippen MR) is 64.3 cm³/mol. The fourth-order valence-corrected chi connectivity index (χ4v) is 1.53. The SMILES string of the molecule is COc1cccc(CNC(CO)CO)c1OC. The Kier molecular flexibility index (Phi) is 5.76. The van der Waals surface area contributed by atoms with Crippen molar-refractivity contribution in [1.29, 1.82) is 0 Å². The Bertz CT molecular complexity index is 339. The van der Waals surface area contributed by atoms with E-state index in [1.807, 2.05) is 18.2 Å². The molecule has 0 atom stereocenters. The Labute approximate surface area is 101 Å². The van der Waals surface area contributed by atoms with Gasteiger partial charge in [0.05, 0.1) is 33.5 Å². The van der Waals surface area contributed by atoms with E-state index in [1.54, 1.807) is 14.2 Å². The van der Waals surface area contributed by atoms with Crippen LogP contribution in [0.15, 0.2) is 18.2 Å². The van der Waals surface area contributed by atoms with Crippen molar-refractivity contribution in [3.63, 3.8) is 0 Å². The Hall–Kier alpha value is -1.30. The molecule has 0 aliphatic rings. The van der Waals surface area contributed by atoms with Gasteiger partial charge in [-0.3, -0.25) is 0 Å². The summed E-state index contributed by atoms with van der Waals surface area (Å²) in [4.78, 5) is 0. The lowest BCUT2D eigenvalue weighted by atomic mass is 10.1. The van der Waals surface area contributed by atoms with Crippen LogP contribution in [0.25, 0.3) is 0 Å². The van der Waals surface area contributed by atoms with Gasteiger partial charge in [0.1, 0.15) is 0 Å². The third kappa shape index (κ3) is 3.59. The lowest BCUT2D eigenvalue weighted by Gasteiger charge is -2.16. The Morgan fingerprint density at radius 3 is 2.41 bits per heavy atom. The normalized spacial score (nSPS) is 10.6. The second-order valence-electron chi connectivity index (χ2n) is 3.60. The Morgan fingerprint density at radius 2 is 1.88 bits per heavy atom. The number of hydrogen-bond acceptors (Lipinski definition) is 5. The molecular formula is C12H19NO4. The van der Waals surface area contributed by atoms with Gasteiger partial charge in [-0.05, 0) is 6.07 Å². The van der Waals surface area contributed by atoms with Gasteiger partial charge in [-0.2, -0.15) is 0 Å². The first-order valence-electron chi connectivity index (χ1n) is 5.41. The van der Waals surface area contributed by atoms with Crippen LogP contribution in [-0.2, 0) is 6.54 Å². The molecule has 0 saturated heterocycles. The molecule has 5 nitrogen and oxygen atoms in total. The zero-order chi connectivity index (χ0) is 12.7. The number of benzene rings is 1. The summed E-state index contributed by atoms with van der Waals surface area (Å²) in [7, 11) is 3.16. The monoisotopic (exact) mass is 241 g/mol. The van der Waals surface area contributed by atoms with Gasteiger partial charge < -0.3 is 25.0 Å². The standard InChI is InChI=1S/C12H19NO4/c1-16-11-5-3-4-9(12(11)17-2)6-13-10(7-14)8-15/h3-5,10,13-15H,6-8H2,1-2H3. The molecule has 0 radical (unpaired) electrons. The number of ether oxygens (including phenoxy) is 2. The Balaban J connectivity index is 2.76. The van der Waals surface area contributed by atoms with Crippen molar-refractivity contribution in [3.05, 3.63) is 23.8 Å². The number of nitrogens with one attached hydrogen (secondary N) is 1. The lowest BCUT2D eigenvalue weighted by molar-refractivity contribution is 0.170. The number of aliphatic hydroxyl groups is 2. The zero-order valence-electron chi connectivity index (χ0n) is 10.1. The molecule has 3 N–H and O–H groups in total. The molecule has 0 heterocycles. The van der Waals surface area contributed by atoms with E-state index in [-0.39, 0.29) is 19.3 Å². The van der Waals surface area contributed by atoms with Crippen LogP contribution in [0.4, 0.5) is 0 Å². The summed E-state index contributed by atoms with van der Waals surface area (Å²) in [6.07, 6.45) is 0. The van der Waals surface area contributed by atoms with Crippen molar-refractivity contribution < 1.29 is 19.7 Å². The molecule has 0 fully saturated rings. The smallest absolute Gasteiger partial charge is 0.165 e. The van der Waals surface area contributed by atoms with Gasteiger partial charge in [0, 0.05) is 12.1 Å². The van der Waals surface area contributed by atoms with Gasteiger partial charge in [0.25, 0.3) is 0 Å². The summed E-state index contributed by atoms with van der Waals surface area (Å²) in [5.74, 6) is 1.33. The van der Waals surface area contributed by atoms with E-state index >= 15 is 0 Å². The van der Waals surface area contributed by atoms with Gasteiger partial charge in [0.15, 0.2) is 11.5 Å². The number of rotatable bonds is 7. The van der Waals surface area contributed by atoms with E-state index in [9.17, 15) is 0 Å². The van der Waals surface area contributed by atoms with Crippen LogP contribution >= 0.6 is 0 Å². The minimum Gasteiger partial charge on any atom is -0.493 e. The molecule has 0 spiro atoms. The molecule has 96 valence electrons. The lowest BCUT2D eigenvalue weighted by Crippen LogP contribution is -2.35. The fraction of sp³-hybridized carbons (Fsp3) is 0.500. The van der Waals surface area contributed by atoms with Crippen LogP contribution in [0.1, 0.15) is 5.56 Å². The highest BCUT2D eigenvalue weighted by Gasteiger charge is 2.11. The summed E-state index contributed by atoms with van der Waals surface area (Å²) in [5.41, 5.74) is 0.916. The minimum atomic E-state index is -0.328. The molecule has 5 heteroatoms. The van der Waals surface area contributed by atoms with Crippen LogP contribution in [0.2, 0.25) is 0 Å². The molecule has 0 amide bonds. The molecule has 0 aliphatic carbocycles. The minimum absolute atomic E-state index is 0.108. The molecular weight excluding hydrogens is 222 g/mol. The first kappa shape index (κ1) is 13.8. The molecule has 1 aromatic carbocycles. The second kappa shape index (κ2) is 7.11. The van der Waals surface area contributed by atoms with Crippen molar-refractivity contribution in [1.82, 2.24) is 5.32 Å². The maximum atomic E-state index is 8.95. The predicted octanol–water partition coefficient (Wildman–Crippen LogP) is 0.147. The van der Waals surface area contributed by atoms with Gasteiger partial charge in [0.2, 0.25) is 0 Å². The molecule has 0 aromatic heterocycles. The zero-order valence-corrected chi connectivity index (χ0v) is 10.1. The van der Waals surface area contributed by atoms with Gasteiger partial charge in [-0.15, -0.1) is 0 Å². The number of aliphatic hydroxyl groups excluding tert-OH is 2. The number of hydrogen-bond donors (Lipinski definition) is 3. The van der Waals surface area contributed by atoms with Gasteiger partial charge >= 0.3 is 0 Å². The average Bonchev–Trinajstić information content (AvgIpc) is 2.39. The van der Waals surface area contributed by atoms with Gasteiger partial charge in [-0.1, -0.05) is 12.1 Å². The maximum Gasteiger partial charge on any atom is 0.165 e. The third-order valence-corrected chi connectivity index (χ3v) is 2.51. The Morgan fingerprint density at radius 1 is 1.18 bits per heavy atom. The second-order valence-corrected chi connectivity index (χ2v) is 3.60. The largest absolute Gasteiger partial charge is 0.493 e. The highest BCUT2D eigenvalue weighted by Crippen LogP contribution is 2.30. The number of methoxy groups -OCH3 is 2. The summed E-state index contributed by atoms with van der Waals surface area (Å²) < 4.78 is 10.5. The van der Waals surface area contributed by atoms with Crippen molar-refractivity contribution in [2.45, 2.75) is 12.6 Å². The highest BCUT2D eigenvalue weighted by molar-refractivity contribution is 5.46. The summed E-state index contributed by atoms with van der Waals surface area (Å²) in [5, 5.41) is 20.9. The molecule has 0 unspecified atom stereocenters. The maximum absolute atomic E-state index is 8.95. The molecule has 1 rings (SSSR count). The molecule has 0 bridgehead atoms. The summed E-state index contributed by atoms with van der Waals surface area (Å²) in [6, 6.07) is 5.26. The van der Waals surface area contributed by atoms with Crippen molar-refractivity contribution in [2.24, 2.45) is 0 Å². The van der Waals surface area contributed by atoms with E-state index in [1.165, 1.54) is 0 Å². The quantitative estimate of drug-likeness (QED) is 0.633. The summed E-state index contributed by atoms with van der Waals surface area (Å²) in [6.45, 7) is 0.276.